The molecule has 2 saturated heterocycles. The summed E-state index contributed by atoms with van der Waals surface area (Å²) in [6, 6.07) is 3.32. The molecule has 4 heteroatoms. The van der Waals surface area contributed by atoms with Crippen LogP contribution in [0, 0.1) is 0 Å². The predicted octanol–water partition coefficient (Wildman–Crippen LogP) is 1.21. The van der Waals surface area contributed by atoms with E-state index in [0.717, 1.165) is 12.6 Å². The van der Waals surface area contributed by atoms with E-state index in [-0.39, 0.29) is 0 Å². The highest BCUT2D eigenvalue weighted by Crippen LogP contribution is 2.29. The summed E-state index contributed by atoms with van der Waals surface area (Å²) in [5, 5.41) is 0. The quantitative estimate of drug-likeness (QED) is 0.852. The Balaban J connectivity index is 1.86. The standard InChI is InChI=1S/C14H22N4/c1-11-9-17-6-2-3-13(17)10-18(11)14-8-16-5-4-12(14)7-15/h4-5,8,11,13H,2-3,6-7,9-10,15H2,1H3. The number of fused-ring (bicyclic) bond motifs is 1. The van der Waals surface area contributed by atoms with E-state index in [1.165, 1.54) is 37.2 Å². The Hall–Kier alpha value is -1.13. The molecule has 0 amide bonds. The highest BCUT2D eigenvalue weighted by molar-refractivity contribution is 5.53. The summed E-state index contributed by atoms with van der Waals surface area (Å²) < 4.78 is 0. The molecule has 0 aromatic carbocycles. The number of hydrogen-bond donors (Lipinski definition) is 1. The fraction of sp³-hybridized carbons (Fsp3) is 0.643. The molecule has 0 radical (unpaired) electrons. The zero-order chi connectivity index (χ0) is 12.5. The topological polar surface area (TPSA) is 45.4 Å². The average molecular weight is 246 g/mol. The molecule has 2 unspecified atom stereocenters. The van der Waals surface area contributed by atoms with E-state index in [0.29, 0.717) is 12.6 Å². The molecule has 2 aliphatic rings. The summed E-state index contributed by atoms with van der Waals surface area (Å²) in [6.07, 6.45) is 6.49. The molecular weight excluding hydrogens is 224 g/mol. The summed E-state index contributed by atoms with van der Waals surface area (Å²) in [6.45, 7) is 6.47. The second kappa shape index (κ2) is 4.86. The maximum atomic E-state index is 5.84. The van der Waals surface area contributed by atoms with Crippen LogP contribution in [-0.4, -0.2) is 41.6 Å². The van der Waals surface area contributed by atoms with E-state index in [9.17, 15) is 0 Å². The van der Waals surface area contributed by atoms with Gasteiger partial charge < -0.3 is 10.6 Å². The lowest BCUT2D eigenvalue weighted by Crippen LogP contribution is -2.55. The van der Waals surface area contributed by atoms with Crippen LogP contribution in [0.2, 0.25) is 0 Å². The van der Waals surface area contributed by atoms with Crippen molar-refractivity contribution in [1.29, 1.82) is 0 Å². The van der Waals surface area contributed by atoms with Gasteiger partial charge in [-0.25, -0.2) is 0 Å². The summed E-state index contributed by atoms with van der Waals surface area (Å²) in [5.74, 6) is 0. The Bertz CT molecular complexity index is 420. The summed E-state index contributed by atoms with van der Waals surface area (Å²) in [5.41, 5.74) is 8.29. The lowest BCUT2D eigenvalue weighted by Gasteiger charge is -2.44. The fourth-order valence-corrected chi connectivity index (χ4v) is 3.37. The van der Waals surface area contributed by atoms with Gasteiger partial charge in [0.25, 0.3) is 0 Å². The Morgan fingerprint density at radius 2 is 2.33 bits per heavy atom. The number of hydrogen-bond acceptors (Lipinski definition) is 4. The molecule has 1 aromatic rings. The second-order valence-corrected chi connectivity index (χ2v) is 5.50. The molecule has 3 rings (SSSR count). The van der Waals surface area contributed by atoms with E-state index in [1.54, 1.807) is 0 Å². The van der Waals surface area contributed by atoms with Crippen LogP contribution in [0.1, 0.15) is 25.3 Å². The number of piperazine rings is 1. The normalized spacial score (nSPS) is 28.4. The largest absolute Gasteiger partial charge is 0.364 e. The molecule has 18 heavy (non-hydrogen) atoms. The van der Waals surface area contributed by atoms with Gasteiger partial charge in [-0.1, -0.05) is 0 Å². The van der Waals surface area contributed by atoms with Crippen molar-refractivity contribution in [2.75, 3.05) is 24.5 Å². The molecule has 98 valence electrons. The van der Waals surface area contributed by atoms with Gasteiger partial charge in [0.15, 0.2) is 0 Å². The van der Waals surface area contributed by atoms with Gasteiger partial charge in [0.2, 0.25) is 0 Å². The van der Waals surface area contributed by atoms with Crippen molar-refractivity contribution < 1.29 is 0 Å². The van der Waals surface area contributed by atoms with Crippen LogP contribution in [0.5, 0.6) is 0 Å². The number of anilines is 1. The maximum Gasteiger partial charge on any atom is 0.0601 e. The van der Waals surface area contributed by atoms with Crippen molar-refractivity contribution in [1.82, 2.24) is 9.88 Å². The number of pyridine rings is 1. The van der Waals surface area contributed by atoms with Crippen molar-refractivity contribution in [3.05, 3.63) is 24.0 Å². The Kier molecular flexibility index (Phi) is 3.22. The predicted molar refractivity (Wildman–Crippen MR) is 73.5 cm³/mol. The van der Waals surface area contributed by atoms with Gasteiger partial charge in [-0.2, -0.15) is 0 Å². The molecule has 2 N–H and O–H groups in total. The van der Waals surface area contributed by atoms with Crippen molar-refractivity contribution in [3.63, 3.8) is 0 Å². The second-order valence-electron chi connectivity index (χ2n) is 5.50. The van der Waals surface area contributed by atoms with E-state index in [1.807, 2.05) is 18.5 Å². The van der Waals surface area contributed by atoms with Crippen LogP contribution in [0.4, 0.5) is 5.69 Å². The Morgan fingerprint density at radius 1 is 1.44 bits per heavy atom. The van der Waals surface area contributed by atoms with Crippen molar-refractivity contribution in [3.8, 4) is 0 Å². The number of nitrogens with two attached hydrogens (primary N) is 1. The molecule has 0 spiro atoms. The zero-order valence-electron chi connectivity index (χ0n) is 11.0. The van der Waals surface area contributed by atoms with Gasteiger partial charge in [-0.15, -0.1) is 0 Å². The minimum absolute atomic E-state index is 0.550. The van der Waals surface area contributed by atoms with Crippen LogP contribution in [0.15, 0.2) is 18.5 Å². The first-order valence-corrected chi connectivity index (χ1v) is 6.93. The zero-order valence-corrected chi connectivity index (χ0v) is 11.0. The SMILES string of the molecule is CC1CN2CCCC2CN1c1cnccc1CN. The number of aromatic nitrogens is 1. The molecule has 2 fully saturated rings. The highest BCUT2D eigenvalue weighted by atomic mass is 15.3. The third-order valence-electron chi connectivity index (χ3n) is 4.35. The molecule has 1 aromatic heterocycles. The van der Waals surface area contributed by atoms with Crippen LogP contribution in [-0.2, 0) is 6.54 Å². The van der Waals surface area contributed by atoms with E-state index >= 15 is 0 Å². The van der Waals surface area contributed by atoms with Gasteiger partial charge in [-0.05, 0) is 37.9 Å². The summed E-state index contributed by atoms with van der Waals surface area (Å²) in [7, 11) is 0. The lowest BCUT2D eigenvalue weighted by molar-refractivity contribution is 0.202. The molecule has 0 aliphatic carbocycles. The average Bonchev–Trinajstić information content (AvgIpc) is 2.84. The van der Waals surface area contributed by atoms with Crippen LogP contribution in [0.25, 0.3) is 0 Å². The van der Waals surface area contributed by atoms with Crippen LogP contribution >= 0.6 is 0 Å². The first-order valence-electron chi connectivity index (χ1n) is 6.93. The van der Waals surface area contributed by atoms with Gasteiger partial charge >= 0.3 is 0 Å². The van der Waals surface area contributed by atoms with Gasteiger partial charge in [0.1, 0.15) is 0 Å². The van der Waals surface area contributed by atoms with Gasteiger partial charge in [-0.3, -0.25) is 9.88 Å². The summed E-state index contributed by atoms with van der Waals surface area (Å²) in [4.78, 5) is 9.42. The monoisotopic (exact) mass is 246 g/mol. The summed E-state index contributed by atoms with van der Waals surface area (Å²) >= 11 is 0. The number of nitrogens with zero attached hydrogens (tertiary/aromatic N) is 3. The molecular formula is C14H22N4. The van der Waals surface area contributed by atoms with E-state index < -0.39 is 0 Å². The first-order chi connectivity index (χ1) is 8.79. The van der Waals surface area contributed by atoms with Crippen LogP contribution < -0.4 is 10.6 Å². The van der Waals surface area contributed by atoms with Crippen molar-refractivity contribution in [2.45, 2.75) is 38.4 Å². The van der Waals surface area contributed by atoms with Gasteiger partial charge in [0.05, 0.1) is 11.9 Å². The van der Waals surface area contributed by atoms with Crippen LogP contribution in [0.3, 0.4) is 0 Å². The fourth-order valence-electron chi connectivity index (χ4n) is 3.37. The maximum absolute atomic E-state index is 5.84. The molecule has 0 saturated carbocycles. The highest BCUT2D eigenvalue weighted by Gasteiger charge is 2.34. The Labute approximate surface area is 109 Å². The van der Waals surface area contributed by atoms with E-state index in [4.69, 9.17) is 5.73 Å². The van der Waals surface area contributed by atoms with Gasteiger partial charge in [0, 0.05) is 37.9 Å². The van der Waals surface area contributed by atoms with Crippen molar-refractivity contribution >= 4 is 5.69 Å². The Morgan fingerprint density at radius 3 is 3.17 bits per heavy atom. The lowest BCUT2D eigenvalue weighted by atomic mass is 10.1. The molecule has 2 aliphatic heterocycles. The minimum Gasteiger partial charge on any atom is -0.364 e. The third-order valence-corrected chi connectivity index (χ3v) is 4.35. The van der Waals surface area contributed by atoms with Crippen molar-refractivity contribution in [2.24, 2.45) is 5.73 Å². The third kappa shape index (κ3) is 1.99. The van der Waals surface area contributed by atoms with E-state index in [2.05, 4.69) is 21.7 Å². The smallest absolute Gasteiger partial charge is 0.0601 e. The molecule has 2 atom stereocenters. The molecule has 4 nitrogen and oxygen atoms in total. The molecule has 3 heterocycles. The minimum atomic E-state index is 0.550. The number of rotatable bonds is 2. The first kappa shape index (κ1) is 11.9. The molecule has 0 bridgehead atoms.